The van der Waals surface area contributed by atoms with Crippen molar-refractivity contribution in [2.24, 2.45) is 5.73 Å². The summed E-state index contributed by atoms with van der Waals surface area (Å²) in [4.78, 5) is 36.0. The van der Waals surface area contributed by atoms with Crippen LogP contribution in [0, 0.1) is 10.1 Å². The fraction of sp³-hybridized carbons (Fsp3) is 0.333. The van der Waals surface area contributed by atoms with E-state index in [1.165, 1.54) is 30.2 Å². The van der Waals surface area contributed by atoms with Crippen molar-refractivity contribution in [3.63, 3.8) is 0 Å². The Morgan fingerprint density at radius 3 is 2.63 bits per heavy atom. The highest BCUT2D eigenvalue weighted by atomic mass is 16.6. The minimum Gasteiger partial charge on any atom is -0.494 e. The molecule has 1 aliphatic heterocycles. The molecule has 27 heavy (non-hydrogen) atoms. The molecule has 1 unspecified atom stereocenters. The van der Waals surface area contributed by atoms with Crippen molar-refractivity contribution in [1.82, 2.24) is 4.90 Å². The van der Waals surface area contributed by atoms with E-state index in [1.807, 2.05) is 0 Å². The fourth-order valence-corrected chi connectivity index (χ4v) is 3.08. The molecule has 2 rings (SSSR count). The van der Waals surface area contributed by atoms with Gasteiger partial charge < -0.3 is 15.2 Å². The molecule has 0 aliphatic carbocycles. The molecule has 0 bridgehead atoms. The van der Waals surface area contributed by atoms with Crippen LogP contribution >= 0.6 is 0 Å². The van der Waals surface area contributed by atoms with Gasteiger partial charge in [-0.25, -0.2) is 4.79 Å². The van der Waals surface area contributed by atoms with Gasteiger partial charge in [0.15, 0.2) is 0 Å². The van der Waals surface area contributed by atoms with Crippen LogP contribution in [0.4, 0.5) is 5.69 Å². The van der Waals surface area contributed by atoms with Crippen LogP contribution in [0.3, 0.4) is 0 Å². The Balaban J connectivity index is 2.73. The summed E-state index contributed by atoms with van der Waals surface area (Å²) in [6, 6.07) is 5.91. The lowest BCUT2D eigenvalue weighted by Crippen LogP contribution is -2.33. The van der Waals surface area contributed by atoms with Gasteiger partial charge in [-0.15, -0.1) is 0 Å². The van der Waals surface area contributed by atoms with Crippen molar-refractivity contribution < 1.29 is 24.0 Å². The zero-order valence-electron chi connectivity index (χ0n) is 15.3. The summed E-state index contributed by atoms with van der Waals surface area (Å²) in [5, 5.41) is 11.2. The van der Waals surface area contributed by atoms with E-state index in [9.17, 15) is 19.7 Å². The van der Waals surface area contributed by atoms with Gasteiger partial charge in [0.25, 0.3) is 5.69 Å². The first kappa shape index (κ1) is 20.1. The number of hydrogen-bond donors (Lipinski definition) is 1. The first-order valence-electron chi connectivity index (χ1n) is 8.18. The lowest BCUT2D eigenvalue weighted by atomic mass is 9.84. The molecule has 1 atom stereocenters. The summed E-state index contributed by atoms with van der Waals surface area (Å²) in [7, 11) is 1.23. The maximum absolute atomic E-state index is 12.5. The average Bonchev–Trinajstić information content (AvgIpc) is 2.66. The van der Waals surface area contributed by atoms with E-state index in [1.54, 1.807) is 19.9 Å². The Morgan fingerprint density at radius 2 is 2.07 bits per heavy atom. The molecule has 144 valence electrons. The van der Waals surface area contributed by atoms with E-state index >= 15 is 0 Å². The van der Waals surface area contributed by atoms with Crippen LogP contribution in [-0.2, 0) is 19.1 Å². The van der Waals surface area contributed by atoms with Crippen LogP contribution in [0.5, 0.6) is 0 Å². The molecule has 9 heteroatoms. The van der Waals surface area contributed by atoms with Gasteiger partial charge in [0.1, 0.15) is 12.4 Å². The summed E-state index contributed by atoms with van der Waals surface area (Å²) in [5.41, 5.74) is 6.89. The highest BCUT2D eigenvalue weighted by Gasteiger charge is 2.38. The molecule has 0 fully saturated rings. The summed E-state index contributed by atoms with van der Waals surface area (Å²) < 4.78 is 10.7. The summed E-state index contributed by atoms with van der Waals surface area (Å²) in [6.07, 6.45) is 0.572. The van der Waals surface area contributed by atoms with Crippen molar-refractivity contribution >= 4 is 18.1 Å². The van der Waals surface area contributed by atoms with Gasteiger partial charge in [-0.2, -0.15) is 0 Å². The molecule has 0 saturated heterocycles. The molecule has 1 heterocycles. The summed E-state index contributed by atoms with van der Waals surface area (Å²) in [6.45, 7) is 3.64. The number of benzene rings is 1. The van der Waals surface area contributed by atoms with Gasteiger partial charge >= 0.3 is 5.97 Å². The average molecular weight is 375 g/mol. The molecule has 0 radical (unpaired) electrons. The molecule has 0 saturated carbocycles. The number of nitrogens with two attached hydrogens (primary N) is 1. The largest absolute Gasteiger partial charge is 0.494 e. The molecular formula is C18H21N3O6. The Hall–Kier alpha value is -3.20. The number of esters is 1. The number of allylic oxidation sites excluding steroid dienone is 3. The van der Waals surface area contributed by atoms with Gasteiger partial charge in [0, 0.05) is 24.4 Å². The Morgan fingerprint density at radius 1 is 1.37 bits per heavy atom. The third-order valence-corrected chi connectivity index (χ3v) is 4.32. The maximum Gasteiger partial charge on any atom is 0.336 e. The van der Waals surface area contributed by atoms with Crippen LogP contribution in [0.15, 0.2) is 47.0 Å². The predicted octanol–water partition coefficient (Wildman–Crippen LogP) is 1.80. The lowest BCUT2D eigenvalue weighted by molar-refractivity contribution is -0.384. The number of nitrogens with zero attached hydrogens (tertiary/aromatic N) is 2. The van der Waals surface area contributed by atoms with Crippen LogP contribution in [-0.4, -0.2) is 42.5 Å². The number of amides is 1. The van der Waals surface area contributed by atoms with Gasteiger partial charge in [0.2, 0.25) is 6.41 Å². The second-order valence-electron chi connectivity index (χ2n) is 5.84. The Labute approximate surface area is 156 Å². The lowest BCUT2D eigenvalue weighted by Gasteiger charge is -2.35. The van der Waals surface area contributed by atoms with E-state index in [0.717, 1.165) is 0 Å². The molecule has 0 spiro atoms. The number of methoxy groups -OCH3 is 1. The van der Waals surface area contributed by atoms with Gasteiger partial charge in [0.05, 0.1) is 29.2 Å². The number of ether oxygens (including phenoxy) is 2. The number of rotatable bonds is 7. The zero-order valence-corrected chi connectivity index (χ0v) is 15.3. The van der Waals surface area contributed by atoms with E-state index in [-0.39, 0.29) is 24.4 Å². The predicted molar refractivity (Wildman–Crippen MR) is 96.2 cm³/mol. The molecular weight excluding hydrogens is 354 g/mol. The third-order valence-electron chi connectivity index (χ3n) is 4.32. The van der Waals surface area contributed by atoms with Gasteiger partial charge in [-0.1, -0.05) is 12.1 Å². The Bertz CT molecular complexity index is 830. The van der Waals surface area contributed by atoms with Crippen molar-refractivity contribution in [3.8, 4) is 0 Å². The van der Waals surface area contributed by atoms with Crippen molar-refractivity contribution in [1.29, 1.82) is 0 Å². The van der Waals surface area contributed by atoms with Gasteiger partial charge in [-0.3, -0.25) is 19.8 Å². The number of carbonyl (C=O) groups excluding carboxylic acids is 2. The number of carbonyl (C=O) groups is 2. The van der Waals surface area contributed by atoms with Crippen LogP contribution in [0.25, 0.3) is 0 Å². The van der Waals surface area contributed by atoms with Crippen molar-refractivity contribution in [3.05, 3.63) is 62.7 Å². The minimum atomic E-state index is -0.764. The number of non-ortho nitro benzene ring substituents is 1. The van der Waals surface area contributed by atoms with Crippen LogP contribution in [0.2, 0.25) is 0 Å². The fourth-order valence-electron chi connectivity index (χ4n) is 3.08. The second-order valence-corrected chi connectivity index (χ2v) is 5.84. The molecule has 1 amide bonds. The summed E-state index contributed by atoms with van der Waals surface area (Å²) >= 11 is 0. The quantitative estimate of drug-likeness (QED) is 0.333. The van der Waals surface area contributed by atoms with E-state index in [4.69, 9.17) is 15.2 Å². The molecule has 2 N–H and O–H groups in total. The zero-order chi connectivity index (χ0) is 20.1. The van der Waals surface area contributed by atoms with Gasteiger partial charge in [-0.05, 0) is 19.4 Å². The van der Waals surface area contributed by atoms with E-state index < -0.39 is 16.8 Å². The third kappa shape index (κ3) is 3.82. The SMILES string of the molecule is COC(=O)C1=C(C)N(C=O)C(C)=C(OCCN)C1c1cccc([N+](=O)[O-])c1. The first-order chi connectivity index (χ1) is 12.9. The molecule has 9 nitrogen and oxygen atoms in total. The minimum absolute atomic E-state index is 0.122. The van der Waals surface area contributed by atoms with Crippen molar-refractivity contribution in [2.75, 3.05) is 20.3 Å². The van der Waals surface area contributed by atoms with E-state index in [0.29, 0.717) is 29.1 Å². The molecule has 1 aromatic carbocycles. The highest BCUT2D eigenvalue weighted by molar-refractivity contribution is 5.93. The Kier molecular flexibility index (Phi) is 6.30. The van der Waals surface area contributed by atoms with Crippen LogP contribution in [0.1, 0.15) is 25.3 Å². The van der Waals surface area contributed by atoms with Crippen molar-refractivity contribution in [2.45, 2.75) is 19.8 Å². The highest BCUT2D eigenvalue weighted by Crippen LogP contribution is 2.42. The number of nitro benzene ring substituents is 1. The molecule has 0 aromatic heterocycles. The van der Waals surface area contributed by atoms with Crippen LogP contribution < -0.4 is 5.73 Å². The monoisotopic (exact) mass is 375 g/mol. The molecule has 1 aliphatic rings. The maximum atomic E-state index is 12.5. The normalized spacial score (nSPS) is 17.0. The summed E-state index contributed by atoms with van der Waals surface area (Å²) in [5.74, 6) is -1.10. The standard InChI is InChI=1S/C18H21N3O6/c1-11-15(18(23)26-3)16(13-5-4-6-14(9-13)21(24)25)17(27-8-7-19)12(2)20(11)10-22/h4-6,9-10,16H,7-8,19H2,1-3H3. The number of hydrogen-bond acceptors (Lipinski definition) is 7. The molecule has 1 aromatic rings. The topological polar surface area (TPSA) is 125 Å². The second kappa shape index (κ2) is 8.45. The smallest absolute Gasteiger partial charge is 0.336 e. The van der Waals surface area contributed by atoms with E-state index in [2.05, 4.69) is 0 Å². The number of nitro groups is 1. The first-order valence-corrected chi connectivity index (χ1v) is 8.18.